The summed E-state index contributed by atoms with van der Waals surface area (Å²) in [6, 6.07) is 21.4. The van der Waals surface area contributed by atoms with E-state index in [-0.39, 0.29) is 11.5 Å². The zero-order valence-corrected chi connectivity index (χ0v) is 19.7. The molecule has 1 heterocycles. The van der Waals surface area contributed by atoms with Gasteiger partial charge in [0.05, 0.1) is 39.2 Å². The molecule has 6 nitrogen and oxygen atoms in total. The number of benzene rings is 3. The summed E-state index contributed by atoms with van der Waals surface area (Å²) in [5, 5.41) is 3.68. The first kappa shape index (κ1) is 22.9. The van der Waals surface area contributed by atoms with Gasteiger partial charge in [-0.2, -0.15) is 0 Å². The van der Waals surface area contributed by atoms with E-state index in [0.717, 1.165) is 0 Å². The van der Waals surface area contributed by atoms with Crippen LogP contribution in [-0.4, -0.2) is 27.3 Å². The van der Waals surface area contributed by atoms with Crippen molar-refractivity contribution in [3.8, 4) is 11.4 Å². The average Bonchev–Trinajstić information content (AvgIpc) is 2.82. The van der Waals surface area contributed by atoms with Crippen molar-refractivity contribution in [2.45, 2.75) is 24.3 Å². The van der Waals surface area contributed by atoms with E-state index in [1.807, 2.05) is 25.1 Å². The molecule has 0 aliphatic heterocycles. The van der Waals surface area contributed by atoms with E-state index in [4.69, 9.17) is 21.3 Å². The minimum absolute atomic E-state index is 0.203. The van der Waals surface area contributed by atoms with Crippen LogP contribution >= 0.6 is 23.4 Å². The largest absolute Gasteiger partial charge is 0.494 e. The number of aromatic nitrogens is 2. The van der Waals surface area contributed by atoms with E-state index >= 15 is 0 Å². The molecule has 0 spiro atoms. The first-order valence-corrected chi connectivity index (χ1v) is 11.7. The number of carbonyl (C=O) groups is 1. The molecule has 1 aromatic heterocycles. The van der Waals surface area contributed by atoms with Crippen molar-refractivity contribution in [2.24, 2.45) is 0 Å². The minimum Gasteiger partial charge on any atom is -0.494 e. The third-order valence-electron chi connectivity index (χ3n) is 4.93. The summed E-state index contributed by atoms with van der Waals surface area (Å²) in [7, 11) is 0. The summed E-state index contributed by atoms with van der Waals surface area (Å²) in [6.45, 7) is 4.23. The lowest BCUT2D eigenvalue weighted by Gasteiger charge is -2.17. The number of para-hydroxylation sites is 2. The van der Waals surface area contributed by atoms with Gasteiger partial charge >= 0.3 is 0 Å². The Bertz CT molecular complexity index is 1360. The lowest BCUT2D eigenvalue weighted by Crippen LogP contribution is -2.26. The molecule has 8 heteroatoms. The smallest absolute Gasteiger partial charge is 0.266 e. The van der Waals surface area contributed by atoms with Gasteiger partial charge in [-0.15, -0.1) is 0 Å². The zero-order chi connectivity index (χ0) is 23.4. The molecule has 0 saturated carbocycles. The van der Waals surface area contributed by atoms with Gasteiger partial charge in [0, 0.05) is 0 Å². The number of carbonyl (C=O) groups excluding carboxylic acids is 1. The highest BCUT2D eigenvalue weighted by Gasteiger charge is 2.21. The molecule has 1 N–H and O–H groups in total. The summed E-state index contributed by atoms with van der Waals surface area (Å²) in [4.78, 5) is 31.0. The predicted octanol–water partition coefficient (Wildman–Crippen LogP) is 5.56. The minimum atomic E-state index is -0.539. The van der Waals surface area contributed by atoms with Crippen LogP contribution < -0.4 is 15.6 Å². The fraction of sp³-hybridized carbons (Fsp3) is 0.160. The number of hydrogen-bond acceptors (Lipinski definition) is 5. The second kappa shape index (κ2) is 10.1. The highest BCUT2D eigenvalue weighted by Crippen LogP contribution is 2.28. The summed E-state index contributed by atoms with van der Waals surface area (Å²) >= 11 is 7.38. The fourth-order valence-corrected chi connectivity index (χ4v) is 4.40. The molecule has 0 aliphatic rings. The molecule has 0 fully saturated rings. The highest BCUT2D eigenvalue weighted by atomic mass is 35.5. The van der Waals surface area contributed by atoms with E-state index in [9.17, 15) is 9.59 Å². The Hall–Kier alpha value is -3.29. The Labute approximate surface area is 200 Å². The van der Waals surface area contributed by atoms with Gasteiger partial charge in [0.1, 0.15) is 5.75 Å². The van der Waals surface area contributed by atoms with Gasteiger partial charge in [-0.25, -0.2) is 4.98 Å². The molecule has 0 radical (unpaired) electrons. The van der Waals surface area contributed by atoms with E-state index in [1.54, 1.807) is 61.5 Å². The fourth-order valence-electron chi connectivity index (χ4n) is 3.29. The van der Waals surface area contributed by atoms with Crippen LogP contribution in [0, 0.1) is 0 Å². The first-order valence-electron chi connectivity index (χ1n) is 10.4. The Balaban J connectivity index is 1.71. The van der Waals surface area contributed by atoms with Crippen LogP contribution in [0.25, 0.3) is 16.6 Å². The summed E-state index contributed by atoms with van der Waals surface area (Å²) in [5.41, 5.74) is 1.55. The number of nitrogens with zero attached hydrogens (tertiary/aromatic N) is 2. The normalized spacial score (nSPS) is 11.8. The SMILES string of the molecule is CCOc1ccc(-n2c(SC(C)C(=O)Nc3ccccc3Cl)nc3ccccc3c2=O)cc1. The van der Waals surface area contributed by atoms with E-state index < -0.39 is 5.25 Å². The molecule has 0 aliphatic carbocycles. The molecule has 33 heavy (non-hydrogen) atoms. The van der Waals surface area contributed by atoms with Gasteiger partial charge in [0.25, 0.3) is 5.56 Å². The number of ether oxygens (including phenoxy) is 1. The van der Waals surface area contributed by atoms with Crippen LogP contribution in [0.2, 0.25) is 5.02 Å². The maximum absolute atomic E-state index is 13.4. The Morgan fingerprint density at radius 3 is 2.52 bits per heavy atom. The van der Waals surface area contributed by atoms with E-state index in [1.165, 1.54) is 16.3 Å². The van der Waals surface area contributed by atoms with Crippen LogP contribution in [0.3, 0.4) is 0 Å². The quantitative estimate of drug-likeness (QED) is 0.277. The number of anilines is 1. The maximum Gasteiger partial charge on any atom is 0.266 e. The molecule has 4 rings (SSSR count). The molecule has 1 atom stereocenters. The number of hydrogen-bond donors (Lipinski definition) is 1. The maximum atomic E-state index is 13.4. The van der Waals surface area contributed by atoms with Crippen molar-refractivity contribution in [3.05, 3.63) is 88.2 Å². The molecule has 4 aromatic rings. The average molecular weight is 480 g/mol. The molecule has 1 amide bonds. The molecule has 168 valence electrons. The molecule has 1 unspecified atom stereocenters. The van der Waals surface area contributed by atoms with Crippen molar-refractivity contribution < 1.29 is 9.53 Å². The summed E-state index contributed by atoms with van der Waals surface area (Å²) in [5.74, 6) is 0.471. The second-order valence-electron chi connectivity index (χ2n) is 7.21. The van der Waals surface area contributed by atoms with Crippen LogP contribution in [0.15, 0.2) is 82.7 Å². The van der Waals surface area contributed by atoms with E-state index in [0.29, 0.717) is 44.8 Å². The van der Waals surface area contributed by atoms with Crippen molar-refractivity contribution in [2.75, 3.05) is 11.9 Å². The number of rotatable bonds is 7. The third kappa shape index (κ3) is 5.05. The monoisotopic (exact) mass is 479 g/mol. The number of amides is 1. The van der Waals surface area contributed by atoms with Crippen LogP contribution in [-0.2, 0) is 4.79 Å². The summed E-state index contributed by atoms with van der Waals surface area (Å²) < 4.78 is 7.05. The lowest BCUT2D eigenvalue weighted by molar-refractivity contribution is -0.115. The van der Waals surface area contributed by atoms with Gasteiger partial charge < -0.3 is 10.1 Å². The number of fused-ring (bicyclic) bond motifs is 1. The topological polar surface area (TPSA) is 73.2 Å². The standard InChI is InChI=1S/C25H22ClN3O3S/c1-3-32-18-14-12-17(13-15-18)29-24(31)19-8-4-6-10-21(19)28-25(29)33-16(2)23(30)27-22-11-7-5-9-20(22)26/h4-16H,3H2,1-2H3,(H,27,30). The Morgan fingerprint density at radius 1 is 1.09 bits per heavy atom. The molecule has 0 saturated heterocycles. The Morgan fingerprint density at radius 2 is 1.79 bits per heavy atom. The molecule has 0 bridgehead atoms. The molecular formula is C25H22ClN3O3S. The van der Waals surface area contributed by atoms with Crippen molar-refractivity contribution in [1.29, 1.82) is 0 Å². The molecular weight excluding hydrogens is 458 g/mol. The number of nitrogens with one attached hydrogen (secondary N) is 1. The van der Waals surface area contributed by atoms with Crippen LogP contribution in [0.4, 0.5) is 5.69 Å². The molecule has 3 aromatic carbocycles. The predicted molar refractivity (Wildman–Crippen MR) is 134 cm³/mol. The van der Waals surface area contributed by atoms with Crippen molar-refractivity contribution in [3.63, 3.8) is 0 Å². The lowest BCUT2D eigenvalue weighted by atomic mass is 10.2. The van der Waals surface area contributed by atoms with Gasteiger partial charge in [0.15, 0.2) is 5.16 Å². The van der Waals surface area contributed by atoms with Crippen LogP contribution in [0.5, 0.6) is 5.75 Å². The van der Waals surface area contributed by atoms with E-state index in [2.05, 4.69) is 5.32 Å². The third-order valence-corrected chi connectivity index (χ3v) is 6.32. The van der Waals surface area contributed by atoms with Gasteiger partial charge in [-0.05, 0) is 62.4 Å². The first-order chi connectivity index (χ1) is 16.0. The number of halogens is 1. The van der Waals surface area contributed by atoms with Gasteiger partial charge in [-0.1, -0.05) is 47.6 Å². The van der Waals surface area contributed by atoms with Gasteiger partial charge in [0.2, 0.25) is 5.91 Å². The number of thioether (sulfide) groups is 1. The second-order valence-corrected chi connectivity index (χ2v) is 8.92. The van der Waals surface area contributed by atoms with Crippen molar-refractivity contribution in [1.82, 2.24) is 9.55 Å². The van der Waals surface area contributed by atoms with Gasteiger partial charge in [-0.3, -0.25) is 14.2 Å². The zero-order valence-electron chi connectivity index (χ0n) is 18.1. The van der Waals surface area contributed by atoms with Crippen LogP contribution in [0.1, 0.15) is 13.8 Å². The van der Waals surface area contributed by atoms with Crippen molar-refractivity contribution >= 4 is 45.9 Å². The Kier molecular flexibility index (Phi) is 7.01. The summed E-state index contributed by atoms with van der Waals surface area (Å²) in [6.07, 6.45) is 0. The highest BCUT2D eigenvalue weighted by molar-refractivity contribution is 8.00.